The molecule has 1 rings (SSSR count). The van der Waals surface area contributed by atoms with Crippen LogP contribution in [0.25, 0.3) is 0 Å². The second kappa shape index (κ2) is 2.44. The molecule has 0 bridgehead atoms. The van der Waals surface area contributed by atoms with E-state index in [2.05, 4.69) is 0 Å². The summed E-state index contributed by atoms with van der Waals surface area (Å²) in [5, 5.41) is 8.57. The van der Waals surface area contributed by atoms with E-state index in [1.54, 1.807) is 0 Å². The minimum absolute atomic E-state index is 0.0729. The first-order chi connectivity index (χ1) is 4.24. The summed E-state index contributed by atoms with van der Waals surface area (Å²) in [6.07, 6.45) is 0.220. The number of hydrogen-bond acceptors (Lipinski definition) is 3. The summed E-state index contributed by atoms with van der Waals surface area (Å²) >= 11 is 0. The fraction of sp³-hybridized carbons (Fsp3) is 1.00. The van der Waals surface area contributed by atoms with Crippen LogP contribution in [-0.2, 0) is 4.74 Å². The first-order valence-electron chi connectivity index (χ1n) is 3.26. The van der Waals surface area contributed by atoms with Crippen LogP contribution in [-0.4, -0.2) is 30.4 Å². The molecule has 0 saturated carbocycles. The maximum absolute atomic E-state index is 8.57. The van der Waals surface area contributed by atoms with Gasteiger partial charge in [-0.2, -0.15) is 0 Å². The van der Waals surface area contributed by atoms with E-state index in [1.807, 2.05) is 0 Å². The van der Waals surface area contributed by atoms with E-state index in [4.69, 9.17) is 16.9 Å². The van der Waals surface area contributed by atoms with Crippen molar-refractivity contribution in [2.24, 2.45) is 5.73 Å². The van der Waals surface area contributed by atoms with Gasteiger partial charge in [0.05, 0.1) is 14.1 Å². The quantitative estimate of drug-likeness (QED) is 0.470. The lowest BCUT2D eigenvalue weighted by atomic mass is 10.2. The van der Waals surface area contributed by atoms with Gasteiger partial charge in [0.15, 0.2) is 0 Å². The minimum atomic E-state index is -0.530. The molecule has 1 aliphatic rings. The van der Waals surface area contributed by atoms with E-state index in [0.717, 1.165) is 0 Å². The van der Waals surface area contributed by atoms with Crippen LogP contribution in [0.2, 0.25) is 0 Å². The Morgan fingerprint density at radius 2 is 2.75 bits per heavy atom. The van der Waals surface area contributed by atoms with Crippen molar-refractivity contribution in [1.29, 1.82) is 0 Å². The third-order valence-electron chi connectivity index (χ3n) is 1.30. The molecule has 0 amide bonds. The predicted molar refractivity (Wildman–Crippen MR) is 29.4 cm³/mol. The zero-order chi connectivity index (χ0) is 6.85. The highest BCUT2D eigenvalue weighted by Crippen LogP contribution is 2.09. The van der Waals surface area contributed by atoms with E-state index < -0.39 is 6.58 Å². The topological polar surface area (TPSA) is 55.5 Å². The van der Waals surface area contributed by atoms with Crippen LogP contribution in [0.15, 0.2) is 0 Å². The molecule has 1 saturated heterocycles. The van der Waals surface area contributed by atoms with E-state index in [1.165, 1.54) is 0 Å². The molecule has 3 N–H and O–H groups in total. The van der Waals surface area contributed by atoms with Crippen molar-refractivity contribution in [2.75, 3.05) is 13.2 Å². The van der Waals surface area contributed by atoms with Gasteiger partial charge < -0.3 is 15.6 Å². The van der Waals surface area contributed by atoms with Gasteiger partial charge in [0.25, 0.3) is 0 Å². The molecule has 1 aliphatic heterocycles. The second-order valence-corrected chi connectivity index (χ2v) is 1.92. The highest BCUT2D eigenvalue weighted by Gasteiger charge is 2.23. The van der Waals surface area contributed by atoms with Crippen LogP contribution >= 0.6 is 0 Å². The number of aliphatic hydroxyl groups is 1. The van der Waals surface area contributed by atoms with Gasteiger partial charge in [-0.3, -0.25) is 0 Å². The lowest BCUT2D eigenvalue weighted by molar-refractivity contribution is 0.0528. The molecule has 1 heterocycles. The molecule has 3 atom stereocenters. The molecular formula is C5H11NO2. The molecular weight excluding hydrogens is 106 g/mol. The normalized spacial score (nSPS) is 49.2. The fourth-order valence-corrected chi connectivity index (χ4v) is 0.721. The van der Waals surface area contributed by atoms with Gasteiger partial charge in [-0.25, -0.2) is 0 Å². The number of rotatable bonds is 1. The van der Waals surface area contributed by atoms with Gasteiger partial charge in [0, 0.05) is 12.6 Å². The standard InChI is InChI=1S/C5H11NO2/c6-4-1-2-8-5(4)3-7/h4-5,7H,1-3,6H2/t4-,5-/m1/s1/i2T/t2-,4+,5+/m0. The van der Waals surface area contributed by atoms with Crippen molar-refractivity contribution in [1.82, 2.24) is 0 Å². The van der Waals surface area contributed by atoms with Crippen molar-refractivity contribution in [3.8, 4) is 0 Å². The largest absolute Gasteiger partial charge is 0.394 e. The molecule has 1 fully saturated rings. The number of nitrogens with two attached hydrogens (primary N) is 1. The first kappa shape index (κ1) is 4.73. The average molecular weight is 119 g/mol. The Labute approximate surface area is 49.8 Å². The zero-order valence-electron chi connectivity index (χ0n) is 5.58. The fourth-order valence-electron chi connectivity index (χ4n) is 0.721. The van der Waals surface area contributed by atoms with Crippen molar-refractivity contribution in [3.05, 3.63) is 0 Å². The summed E-state index contributed by atoms with van der Waals surface area (Å²) in [7, 11) is 0. The number of aliphatic hydroxyl groups excluding tert-OH is 1. The summed E-state index contributed by atoms with van der Waals surface area (Å²) in [6, 6.07) is -0.155. The summed E-state index contributed by atoms with van der Waals surface area (Å²) in [6.45, 7) is -0.603. The van der Waals surface area contributed by atoms with Crippen LogP contribution in [0.3, 0.4) is 0 Å². The Morgan fingerprint density at radius 1 is 2.00 bits per heavy atom. The van der Waals surface area contributed by atoms with Crippen LogP contribution in [0, 0.1) is 0 Å². The van der Waals surface area contributed by atoms with Crippen molar-refractivity contribution >= 4 is 0 Å². The highest BCUT2D eigenvalue weighted by molar-refractivity contribution is 4.77. The smallest absolute Gasteiger partial charge is 0.0956 e. The summed E-state index contributed by atoms with van der Waals surface area (Å²) in [4.78, 5) is 0. The number of ether oxygens (including phenoxy) is 1. The molecule has 3 heteroatoms. The van der Waals surface area contributed by atoms with E-state index in [0.29, 0.717) is 6.42 Å². The van der Waals surface area contributed by atoms with E-state index in [-0.39, 0.29) is 18.8 Å². The molecule has 8 heavy (non-hydrogen) atoms. The maximum Gasteiger partial charge on any atom is 0.0956 e. The van der Waals surface area contributed by atoms with Crippen molar-refractivity contribution in [3.63, 3.8) is 0 Å². The molecule has 0 unspecified atom stereocenters. The molecule has 0 aromatic carbocycles. The highest BCUT2D eigenvalue weighted by atomic mass is 16.5. The summed E-state index contributed by atoms with van der Waals surface area (Å²) in [5.41, 5.74) is 5.47. The lowest BCUT2D eigenvalue weighted by Crippen LogP contribution is -2.32. The molecule has 3 nitrogen and oxygen atoms in total. The van der Waals surface area contributed by atoms with Gasteiger partial charge in [0.2, 0.25) is 0 Å². The third-order valence-corrected chi connectivity index (χ3v) is 1.30. The van der Waals surface area contributed by atoms with Gasteiger partial charge in [-0.15, -0.1) is 0 Å². The molecule has 0 aliphatic carbocycles. The Kier molecular flexibility index (Phi) is 1.44. The minimum Gasteiger partial charge on any atom is -0.394 e. The molecule has 0 spiro atoms. The Hall–Kier alpha value is -0.120. The second-order valence-electron chi connectivity index (χ2n) is 1.92. The Balaban J connectivity index is 2.38. The van der Waals surface area contributed by atoms with E-state index in [9.17, 15) is 0 Å². The lowest BCUT2D eigenvalue weighted by Gasteiger charge is -2.08. The molecule has 0 aromatic rings. The monoisotopic (exact) mass is 119 g/mol. The third kappa shape index (κ3) is 0.992. The number of hydrogen-bond donors (Lipinski definition) is 2. The van der Waals surface area contributed by atoms with Crippen LogP contribution in [0.4, 0.5) is 0 Å². The van der Waals surface area contributed by atoms with Gasteiger partial charge >= 0.3 is 0 Å². The Morgan fingerprint density at radius 3 is 3.00 bits per heavy atom. The van der Waals surface area contributed by atoms with Gasteiger partial charge in [-0.05, 0) is 6.42 Å². The van der Waals surface area contributed by atoms with E-state index >= 15 is 0 Å². The SMILES string of the molecule is [3H][C@H]1C[C@@H](N)[C@@H](CO)O1. The van der Waals surface area contributed by atoms with Crippen molar-refractivity contribution < 1.29 is 11.2 Å². The van der Waals surface area contributed by atoms with Crippen LogP contribution < -0.4 is 5.73 Å². The summed E-state index contributed by atoms with van der Waals surface area (Å²) in [5.74, 6) is 0. The predicted octanol–water partition coefficient (Wildman–Crippen LogP) is -0.905. The maximum atomic E-state index is 8.57. The average Bonchev–Trinajstić information content (AvgIpc) is 2.10. The molecule has 48 valence electrons. The zero-order valence-corrected chi connectivity index (χ0v) is 4.58. The van der Waals surface area contributed by atoms with Crippen LogP contribution in [0.5, 0.6) is 0 Å². The van der Waals surface area contributed by atoms with Crippen molar-refractivity contribution in [2.45, 2.75) is 18.6 Å². The Bertz CT molecular complexity index is 101. The molecule has 0 radical (unpaired) electrons. The first-order valence-corrected chi connectivity index (χ1v) is 2.68. The van der Waals surface area contributed by atoms with Gasteiger partial charge in [0.1, 0.15) is 0 Å². The summed E-state index contributed by atoms with van der Waals surface area (Å²) < 4.78 is 12.0. The molecule has 0 aromatic heterocycles. The van der Waals surface area contributed by atoms with Crippen LogP contribution in [0.1, 0.15) is 7.79 Å². The van der Waals surface area contributed by atoms with Gasteiger partial charge in [-0.1, -0.05) is 0 Å².